The van der Waals surface area contributed by atoms with Gasteiger partial charge >= 0.3 is 0 Å². The first-order chi connectivity index (χ1) is 16.4. The van der Waals surface area contributed by atoms with Gasteiger partial charge in [-0.15, -0.1) is 0 Å². The lowest BCUT2D eigenvalue weighted by Crippen LogP contribution is -2.21. The van der Waals surface area contributed by atoms with Crippen LogP contribution < -0.4 is 5.43 Å². The summed E-state index contributed by atoms with van der Waals surface area (Å²) in [5, 5.41) is 16.3. The van der Waals surface area contributed by atoms with Crippen LogP contribution in [-0.4, -0.2) is 31.8 Å². The fourth-order valence-electron chi connectivity index (χ4n) is 3.31. The van der Waals surface area contributed by atoms with Crippen LogP contribution >= 0.6 is 23.4 Å². The fraction of sp³-hybridized carbons (Fsp3) is 0.125. The van der Waals surface area contributed by atoms with Crippen molar-refractivity contribution in [3.05, 3.63) is 99.1 Å². The molecule has 172 valence electrons. The van der Waals surface area contributed by atoms with Crippen LogP contribution in [0.2, 0.25) is 5.02 Å². The lowest BCUT2D eigenvalue weighted by atomic mass is 10.1. The number of thioether (sulfide) groups is 1. The third kappa shape index (κ3) is 5.44. The second kappa shape index (κ2) is 10.5. The first-order valence-electron chi connectivity index (χ1n) is 10.3. The van der Waals surface area contributed by atoms with E-state index in [1.807, 2.05) is 53.1 Å². The van der Waals surface area contributed by atoms with E-state index in [1.54, 1.807) is 19.1 Å². The van der Waals surface area contributed by atoms with Gasteiger partial charge in [-0.2, -0.15) is 5.10 Å². The maximum Gasteiger partial charge on any atom is 0.269 e. The number of nitrogens with one attached hydrogen (secondary N) is 1. The average Bonchev–Trinajstić information content (AvgIpc) is 3.20. The highest BCUT2D eigenvalue weighted by Crippen LogP contribution is 2.27. The summed E-state index contributed by atoms with van der Waals surface area (Å²) in [6.07, 6.45) is 0. The molecule has 1 N–H and O–H groups in total. The number of carbonyl (C=O) groups excluding carboxylic acids is 1. The number of imidazole rings is 1. The summed E-state index contributed by atoms with van der Waals surface area (Å²) in [6, 6.07) is 21.4. The molecule has 0 unspecified atom stereocenters. The predicted molar refractivity (Wildman–Crippen MR) is 134 cm³/mol. The molecule has 4 rings (SSSR count). The summed E-state index contributed by atoms with van der Waals surface area (Å²) in [6.45, 7) is 2.25. The molecule has 0 aliphatic carbocycles. The number of hydrazone groups is 1. The van der Waals surface area contributed by atoms with E-state index in [1.165, 1.54) is 23.9 Å². The Labute approximate surface area is 204 Å². The van der Waals surface area contributed by atoms with Crippen molar-refractivity contribution in [1.29, 1.82) is 0 Å². The van der Waals surface area contributed by atoms with Crippen molar-refractivity contribution in [1.82, 2.24) is 15.0 Å². The Bertz CT molecular complexity index is 1390. The van der Waals surface area contributed by atoms with Gasteiger partial charge < -0.3 is 4.57 Å². The first-order valence-corrected chi connectivity index (χ1v) is 11.7. The predicted octanol–water partition coefficient (Wildman–Crippen LogP) is 5.28. The highest BCUT2D eigenvalue weighted by molar-refractivity contribution is 7.99. The number of rotatable bonds is 8. The van der Waals surface area contributed by atoms with Crippen molar-refractivity contribution in [3.8, 4) is 0 Å². The Morgan fingerprint density at radius 1 is 1.12 bits per heavy atom. The molecule has 4 aromatic rings. The Morgan fingerprint density at radius 2 is 1.82 bits per heavy atom. The minimum atomic E-state index is -0.464. The Hall–Kier alpha value is -3.69. The summed E-state index contributed by atoms with van der Waals surface area (Å²) in [7, 11) is 0. The maximum atomic E-state index is 12.4. The molecule has 0 bridgehead atoms. The van der Waals surface area contributed by atoms with Crippen molar-refractivity contribution in [2.75, 3.05) is 5.75 Å². The third-order valence-corrected chi connectivity index (χ3v) is 6.43. The zero-order chi connectivity index (χ0) is 24.1. The van der Waals surface area contributed by atoms with Crippen LogP contribution in [0.25, 0.3) is 11.0 Å². The SMILES string of the molecule is CC(=NNC(=O)CSc1nc2ccccc2n1Cc1ccccc1Cl)c1ccc([N+](=O)[O-])cc1. The van der Waals surface area contributed by atoms with Gasteiger partial charge in [-0.1, -0.05) is 53.7 Å². The topological polar surface area (TPSA) is 102 Å². The highest BCUT2D eigenvalue weighted by atomic mass is 35.5. The Morgan fingerprint density at radius 3 is 2.56 bits per heavy atom. The van der Waals surface area contributed by atoms with Gasteiger partial charge in [-0.25, -0.2) is 10.4 Å². The number of amides is 1. The zero-order valence-corrected chi connectivity index (χ0v) is 19.7. The molecule has 0 radical (unpaired) electrons. The summed E-state index contributed by atoms with van der Waals surface area (Å²) in [5.41, 5.74) is 6.51. The number of halogens is 1. The van der Waals surface area contributed by atoms with Crippen LogP contribution in [-0.2, 0) is 11.3 Å². The van der Waals surface area contributed by atoms with Crippen LogP contribution in [0.5, 0.6) is 0 Å². The first kappa shape index (κ1) is 23.5. The molecular formula is C24H20ClN5O3S. The Kier molecular flexibility index (Phi) is 7.24. The molecule has 34 heavy (non-hydrogen) atoms. The minimum Gasteiger partial charge on any atom is -0.314 e. The van der Waals surface area contributed by atoms with Crippen molar-refractivity contribution in [2.24, 2.45) is 5.10 Å². The van der Waals surface area contributed by atoms with Crippen LogP contribution in [0.15, 0.2) is 83.1 Å². The Balaban J connectivity index is 1.45. The second-order valence-electron chi connectivity index (χ2n) is 7.39. The van der Waals surface area contributed by atoms with E-state index < -0.39 is 4.92 Å². The van der Waals surface area contributed by atoms with Gasteiger partial charge in [-0.05, 0) is 48.4 Å². The standard InChI is InChI=1S/C24H20ClN5O3S/c1-16(17-10-12-19(13-11-17)30(32)33)27-28-23(31)15-34-24-26-21-8-4-5-9-22(21)29(24)14-18-6-2-3-7-20(18)25/h2-13H,14-15H2,1H3,(H,28,31). The van der Waals surface area contributed by atoms with Gasteiger partial charge in [-0.3, -0.25) is 14.9 Å². The van der Waals surface area contributed by atoms with Crippen molar-refractivity contribution < 1.29 is 9.72 Å². The molecule has 0 aliphatic heterocycles. The van der Waals surface area contributed by atoms with E-state index in [0.717, 1.165) is 16.6 Å². The van der Waals surface area contributed by atoms with Crippen molar-refractivity contribution in [3.63, 3.8) is 0 Å². The minimum absolute atomic E-state index is 0.00309. The van der Waals surface area contributed by atoms with E-state index in [9.17, 15) is 14.9 Å². The van der Waals surface area contributed by atoms with E-state index in [2.05, 4.69) is 15.5 Å². The number of aromatic nitrogens is 2. The van der Waals surface area contributed by atoms with Gasteiger partial charge in [0.15, 0.2) is 5.16 Å². The van der Waals surface area contributed by atoms with Gasteiger partial charge in [0, 0.05) is 17.2 Å². The lowest BCUT2D eigenvalue weighted by Gasteiger charge is -2.10. The van der Waals surface area contributed by atoms with Gasteiger partial charge in [0.25, 0.3) is 11.6 Å². The fourth-order valence-corrected chi connectivity index (χ4v) is 4.31. The largest absolute Gasteiger partial charge is 0.314 e. The number of nitro groups is 1. The van der Waals surface area contributed by atoms with E-state index in [-0.39, 0.29) is 17.3 Å². The van der Waals surface area contributed by atoms with E-state index in [4.69, 9.17) is 11.6 Å². The molecule has 0 fully saturated rings. The number of benzene rings is 3. The van der Waals surface area contributed by atoms with Crippen LogP contribution in [0, 0.1) is 10.1 Å². The van der Waals surface area contributed by atoms with Gasteiger partial charge in [0.05, 0.1) is 34.0 Å². The molecular weight excluding hydrogens is 474 g/mol. The number of hydrogen-bond donors (Lipinski definition) is 1. The van der Waals surface area contributed by atoms with Crippen LogP contribution in [0.1, 0.15) is 18.1 Å². The van der Waals surface area contributed by atoms with Crippen molar-refractivity contribution in [2.45, 2.75) is 18.6 Å². The molecule has 3 aromatic carbocycles. The number of nitrogens with zero attached hydrogens (tertiary/aromatic N) is 4. The summed E-state index contributed by atoms with van der Waals surface area (Å²) in [4.78, 5) is 27.5. The zero-order valence-electron chi connectivity index (χ0n) is 18.1. The monoisotopic (exact) mass is 493 g/mol. The number of carbonyl (C=O) groups is 1. The van der Waals surface area contributed by atoms with Gasteiger partial charge in [0.2, 0.25) is 0 Å². The quantitative estimate of drug-likeness (QED) is 0.156. The summed E-state index contributed by atoms with van der Waals surface area (Å²) < 4.78 is 2.04. The molecule has 0 aliphatic rings. The van der Waals surface area contributed by atoms with Crippen molar-refractivity contribution >= 4 is 51.7 Å². The lowest BCUT2D eigenvalue weighted by molar-refractivity contribution is -0.384. The second-order valence-corrected chi connectivity index (χ2v) is 8.74. The number of fused-ring (bicyclic) bond motifs is 1. The summed E-state index contributed by atoms with van der Waals surface area (Å²) >= 11 is 7.68. The molecule has 1 amide bonds. The molecule has 0 saturated carbocycles. The molecule has 8 nitrogen and oxygen atoms in total. The summed E-state index contributed by atoms with van der Waals surface area (Å²) in [5.74, 6) is -0.175. The van der Waals surface area contributed by atoms with Gasteiger partial charge in [0.1, 0.15) is 0 Å². The van der Waals surface area contributed by atoms with E-state index >= 15 is 0 Å². The molecule has 10 heteroatoms. The molecule has 0 saturated heterocycles. The molecule has 1 aromatic heterocycles. The molecule has 0 spiro atoms. The molecule has 0 atom stereocenters. The number of non-ortho nitro benzene ring substituents is 1. The average molecular weight is 494 g/mol. The smallest absolute Gasteiger partial charge is 0.269 e. The number of hydrogen-bond acceptors (Lipinski definition) is 6. The maximum absolute atomic E-state index is 12.4. The third-order valence-electron chi connectivity index (χ3n) is 5.08. The normalized spacial score (nSPS) is 11.5. The van der Waals surface area contributed by atoms with Crippen LogP contribution in [0.4, 0.5) is 5.69 Å². The number of nitro benzene ring substituents is 1. The highest BCUT2D eigenvalue weighted by Gasteiger charge is 2.14. The number of para-hydroxylation sites is 2. The van der Waals surface area contributed by atoms with Crippen LogP contribution in [0.3, 0.4) is 0 Å². The van der Waals surface area contributed by atoms with E-state index in [0.29, 0.717) is 28.0 Å². The molecule has 1 heterocycles.